The van der Waals surface area contributed by atoms with Crippen molar-refractivity contribution in [2.75, 3.05) is 11.9 Å². The van der Waals surface area contributed by atoms with Gasteiger partial charge in [-0.1, -0.05) is 0 Å². The maximum Gasteiger partial charge on any atom is 0.283 e. The van der Waals surface area contributed by atoms with Crippen LogP contribution in [0, 0.1) is 0 Å². The Morgan fingerprint density at radius 2 is 2.19 bits per heavy atom. The summed E-state index contributed by atoms with van der Waals surface area (Å²) in [5.74, 6) is -0.0399. The lowest BCUT2D eigenvalue weighted by Gasteiger charge is -2.24. The first-order valence-corrected chi connectivity index (χ1v) is 9.99. The lowest BCUT2D eigenvalue weighted by molar-refractivity contribution is -0.116. The van der Waals surface area contributed by atoms with Gasteiger partial charge in [-0.2, -0.15) is 4.98 Å². The van der Waals surface area contributed by atoms with Crippen LogP contribution in [0.3, 0.4) is 0 Å². The topological polar surface area (TPSA) is 130 Å². The van der Waals surface area contributed by atoms with E-state index in [1.807, 2.05) is 0 Å². The van der Waals surface area contributed by atoms with Crippen molar-refractivity contribution in [3.05, 3.63) is 15.1 Å². The smallest absolute Gasteiger partial charge is 0.283 e. The third kappa shape index (κ3) is 2.74. The number of fused-ring (bicyclic) bond motifs is 3. The molecule has 2 aromatic heterocycles. The average molecular weight is 460 g/mol. The van der Waals surface area contributed by atoms with Crippen LogP contribution in [0.4, 0.5) is 5.95 Å². The third-order valence-electron chi connectivity index (χ3n) is 4.85. The summed E-state index contributed by atoms with van der Waals surface area (Å²) >= 11 is 3.33. The van der Waals surface area contributed by atoms with Crippen molar-refractivity contribution >= 4 is 48.0 Å². The van der Waals surface area contributed by atoms with E-state index in [2.05, 4.69) is 31.2 Å². The van der Waals surface area contributed by atoms with Gasteiger partial charge in [-0.05, 0) is 22.4 Å². The van der Waals surface area contributed by atoms with E-state index in [1.54, 1.807) is 0 Å². The monoisotopic (exact) mass is 459 g/mol. The van der Waals surface area contributed by atoms with Crippen molar-refractivity contribution in [2.24, 2.45) is 0 Å². The number of imidazole rings is 1. The lowest BCUT2D eigenvalue weighted by atomic mass is 10.1. The van der Waals surface area contributed by atoms with Gasteiger partial charge >= 0.3 is 0 Å². The van der Waals surface area contributed by atoms with Gasteiger partial charge in [0.2, 0.25) is 11.9 Å². The van der Waals surface area contributed by atoms with E-state index < -0.39 is 24.5 Å². The Morgan fingerprint density at radius 3 is 3.00 bits per heavy atom. The molecule has 0 bridgehead atoms. The zero-order valence-corrected chi connectivity index (χ0v) is 16.4. The van der Waals surface area contributed by atoms with Gasteiger partial charge in [0.15, 0.2) is 31.2 Å². The fourth-order valence-corrected chi connectivity index (χ4v) is 4.81. The maximum atomic E-state index is 12.9. The maximum absolute atomic E-state index is 12.9. The highest BCUT2D eigenvalue weighted by Crippen LogP contribution is 2.41. The van der Waals surface area contributed by atoms with Gasteiger partial charge in [-0.25, -0.2) is 4.98 Å². The van der Waals surface area contributed by atoms with Gasteiger partial charge in [0.05, 0.1) is 6.61 Å². The number of anilines is 1. The Bertz CT molecular complexity index is 995. The quantitative estimate of drug-likeness (QED) is 0.459. The molecule has 11 nitrogen and oxygen atoms in total. The number of aliphatic hydroxyl groups is 1. The summed E-state index contributed by atoms with van der Waals surface area (Å²) in [4.78, 5) is 33.5. The molecule has 2 fully saturated rings. The summed E-state index contributed by atoms with van der Waals surface area (Å²) in [5, 5.41) is 13.3. The third-order valence-corrected chi connectivity index (χ3v) is 6.06. The summed E-state index contributed by atoms with van der Waals surface area (Å²) in [6.45, 7) is 0.682. The molecule has 3 aliphatic heterocycles. The van der Waals surface area contributed by atoms with Gasteiger partial charge in [-0.15, -0.1) is 0 Å². The van der Waals surface area contributed by atoms with E-state index in [0.717, 1.165) is 0 Å². The summed E-state index contributed by atoms with van der Waals surface area (Å²) in [6, 6.07) is 0. The van der Waals surface area contributed by atoms with E-state index in [4.69, 9.17) is 13.8 Å². The number of halogens is 1. The molecule has 1 amide bonds. The molecule has 5 heterocycles. The number of ether oxygens (including phenoxy) is 1. The van der Waals surface area contributed by atoms with Gasteiger partial charge in [-0.3, -0.25) is 24.0 Å². The second-order valence-corrected chi connectivity index (χ2v) is 7.90. The zero-order valence-electron chi connectivity index (χ0n) is 13.8. The molecule has 0 spiro atoms. The molecule has 2 N–H and O–H groups in total. The average Bonchev–Trinajstić information content (AvgIpc) is 3.06. The van der Waals surface area contributed by atoms with Crippen molar-refractivity contribution in [1.82, 2.24) is 19.1 Å². The van der Waals surface area contributed by atoms with Crippen LogP contribution in [-0.4, -0.2) is 55.0 Å². The Kier molecular flexibility index (Phi) is 4.30. The molecule has 5 atom stereocenters. The molecular weight excluding hydrogens is 445 g/mol. The van der Waals surface area contributed by atoms with E-state index in [9.17, 15) is 14.7 Å². The lowest BCUT2D eigenvalue weighted by Crippen LogP contribution is -2.37. The largest absolute Gasteiger partial charge is 0.386 e. The van der Waals surface area contributed by atoms with Crippen LogP contribution in [0.5, 0.6) is 0 Å². The number of carbonyl (C=O) groups excluding carboxylic acids is 1. The number of aliphatic hydroxyl groups excluding tert-OH is 1. The number of aromatic nitrogens is 4. The molecule has 2 saturated heterocycles. The molecule has 5 rings (SSSR count). The van der Waals surface area contributed by atoms with Gasteiger partial charge in [0.25, 0.3) is 5.56 Å². The minimum Gasteiger partial charge on any atom is -0.386 e. The number of nitrogens with zero attached hydrogens (tertiary/aromatic N) is 4. The van der Waals surface area contributed by atoms with Gasteiger partial charge in [0.1, 0.15) is 18.3 Å². The van der Waals surface area contributed by atoms with Crippen molar-refractivity contribution in [1.29, 1.82) is 0 Å². The molecule has 2 aromatic rings. The fourth-order valence-electron chi connectivity index (χ4n) is 3.56. The van der Waals surface area contributed by atoms with Crippen LogP contribution >= 0.6 is 25.0 Å². The number of carbonyl (C=O) groups is 1. The molecule has 3 aliphatic rings. The summed E-state index contributed by atoms with van der Waals surface area (Å²) in [7, 11) is -0.161. The van der Waals surface area contributed by atoms with E-state index in [1.165, 1.54) is 9.13 Å². The van der Waals surface area contributed by atoms with Crippen molar-refractivity contribution < 1.29 is 23.7 Å². The predicted octanol–water partition coefficient (Wildman–Crippen LogP) is 0.270. The van der Waals surface area contributed by atoms with Crippen molar-refractivity contribution in [3.63, 3.8) is 0 Å². The molecule has 27 heavy (non-hydrogen) atoms. The van der Waals surface area contributed by atoms with Crippen molar-refractivity contribution in [3.8, 4) is 0 Å². The molecule has 144 valence electrons. The Labute approximate surface area is 162 Å². The Hall–Kier alpha value is -1.43. The van der Waals surface area contributed by atoms with Crippen LogP contribution in [-0.2, 0) is 25.1 Å². The Balaban J connectivity index is 1.65. The van der Waals surface area contributed by atoms with Crippen LogP contribution in [0.25, 0.3) is 11.2 Å². The molecular formula is C14H15BrN5O6P. The summed E-state index contributed by atoms with van der Waals surface area (Å²) < 4.78 is 19.8. The second kappa shape index (κ2) is 6.57. The number of nitrogens with one attached hydrogen (secondary N) is 1. The number of amides is 1. The van der Waals surface area contributed by atoms with E-state index in [-0.39, 0.29) is 37.6 Å². The first-order valence-electron chi connectivity index (χ1n) is 8.38. The molecule has 0 radical (unpaired) electrons. The van der Waals surface area contributed by atoms with Gasteiger partial charge < -0.3 is 18.9 Å². The number of hydrogen-bond donors (Lipinski definition) is 2. The fraction of sp³-hybridized carbons (Fsp3) is 0.571. The van der Waals surface area contributed by atoms with E-state index in [0.29, 0.717) is 30.7 Å². The van der Waals surface area contributed by atoms with E-state index >= 15 is 0 Å². The standard InChI is InChI=1S/C14H15BrN5O6P/c15-13-17-7-10(18-14-16-6(21)2-1-3-19(14)11(7)23)20(13)12-8(22)9-5(25-12)4-24-27-26-9/h5,8-9,12,22,27H,1-4H2,(H,16,18,21). The molecule has 0 saturated carbocycles. The molecule has 5 unspecified atom stereocenters. The molecule has 13 heteroatoms. The predicted molar refractivity (Wildman–Crippen MR) is 96.4 cm³/mol. The minimum absolute atomic E-state index is 0.131. The van der Waals surface area contributed by atoms with Gasteiger partial charge in [0, 0.05) is 13.0 Å². The molecule has 0 aromatic carbocycles. The van der Waals surface area contributed by atoms with Crippen LogP contribution in [0.15, 0.2) is 9.53 Å². The highest BCUT2D eigenvalue weighted by Gasteiger charge is 2.48. The van der Waals surface area contributed by atoms with Crippen LogP contribution in [0.1, 0.15) is 19.1 Å². The first kappa shape index (κ1) is 17.7. The summed E-state index contributed by atoms with van der Waals surface area (Å²) in [6.07, 6.45) is -1.96. The second-order valence-electron chi connectivity index (χ2n) is 6.50. The normalized spacial score (nSPS) is 31.6. The minimum atomic E-state index is -0.988. The number of rotatable bonds is 1. The van der Waals surface area contributed by atoms with Crippen LogP contribution in [0.2, 0.25) is 0 Å². The SMILES string of the molecule is O=C1CCCn2c(nc3c(nc(Br)n3C3OC4COPOC4C3O)c2=O)N1. The zero-order chi connectivity index (χ0) is 18.7. The highest BCUT2D eigenvalue weighted by atomic mass is 79.9. The molecule has 0 aliphatic carbocycles. The summed E-state index contributed by atoms with van der Waals surface area (Å²) in [5.41, 5.74) is -0.0134. The Morgan fingerprint density at radius 1 is 1.33 bits per heavy atom. The first-order chi connectivity index (χ1) is 13.0. The number of hydrogen-bond acceptors (Lipinski definition) is 8. The van der Waals surface area contributed by atoms with Crippen molar-refractivity contribution in [2.45, 2.75) is 43.9 Å². The highest BCUT2D eigenvalue weighted by molar-refractivity contribution is 9.10. The van der Waals surface area contributed by atoms with Crippen LogP contribution < -0.4 is 10.9 Å².